The summed E-state index contributed by atoms with van der Waals surface area (Å²) in [5.74, 6) is -0.904. The fourth-order valence-corrected chi connectivity index (χ4v) is 0.786. The Bertz CT molecular complexity index is 165. The van der Waals surface area contributed by atoms with E-state index in [4.69, 9.17) is 5.11 Å². The van der Waals surface area contributed by atoms with E-state index in [1.165, 1.54) is 0 Å². The number of carboxylic acids is 1. The second-order valence-electron chi connectivity index (χ2n) is 1.75. The molecule has 62 valence electrons. The number of hydrogen-bond acceptors (Lipinski definition) is 2. The van der Waals surface area contributed by atoms with Crippen LogP contribution in [0.1, 0.15) is 16.2 Å². The van der Waals surface area contributed by atoms with E-state index in [0.717, 1.165) is 0 Å². The molecule has 0 saturated heterocycles. The second-order valence-corrected chi connectivity index (χ2v) is 2.91. The summed E-state index contributed by atoms with van der Waals surface area (Å²) >= 11 is 8.29. The Balaban J connectivity index is -0.0000000675. The van der Waals surface area contributed by atoms with Crippen molar-refractivity contribution in [2.24, 2.45) is 0 Å². The van der Waals surface area contributed by atoms with Crippen molar-refractivity contribution in [2.45, 2.75) is 19.4 Å². The molecule has 0 aromatic carbocycles. The Morgan fingerprint density at radius 1 is 1.75 bits per heavy atom. The van der Waals surface area contributed by atoms with Crippen LogP contribution in [0.2, 0.25) is 0 Å². The molecule has 0 heterocycles. The third kappa shape index (κ3) is 9.00. The van der Waals surface area contributed by atoms with Gasteiger partial charge in [0.1, 0.15) is 10.4 Å². The van der Waals surface area contributed by atoms with Crippen molar-refractivity contribution in [3.05, 3.63) is 0 Å². The first-order chi connectivity index (χ1) is 4.57. The van der Waals surface area contributed by atoms with Gasteiger partial charge in [-0.1, -0.05) is 19.1 Å². The summed E-state index contributed by atoms with van der Waals surface area (Å²) in [5, 5.41) is 11.0. The largest absolute Gasteiger partial charge is 1.00 e. The van der Waals surface area contributed by atoms with Crippen molar-refractivity contribution in [1.82, 2.24) is 5.32 Å². The van der Waals surface area contributed by atoms with Gasteiger partial charge in [-0.2, -0.15) is 0 Å². The molecular weight excluding hydrogens is 184 g/mol. The van der Waals surface area contributed by atoms with Gasteiger partial charge in [0.05, 0.1) is 0 Å². The van der Waals surface area contributed by atoms with Crippen molar-refractivity contribution >= 4 is 35.1 Å². The molecule has 0 rings (SSSR count). The van der Waals surface area contributed by atoms with Gasteiger partial charge in [0.15, 0.2) is 0 Å². The molecule has 0 spiro atoms. The molecule has 0 aliphatic carbocycles. The minimum atomic E-state index is -0.904. The predicted molar refractivity (Wildman–Crippen MR) is 48.7 cm³/mol. The summed E-state index contributed by atoms with van der Waals surface area (Å²) in [6.07, 6.45) is 0.496. The van der Waals surface area contributed by atoms with E-state index in [9.17, 15) is 4.79 Å². The van der Waals surface area contributed by atoms with Gasteiger partial charge in [0.2, 0.25) is 0 Å². The number of aliphatic carboxylic acids is 1. The Morgan fingerprint density at radius 3 is 2.25 bits per heavy atom. The van der Waals surface area contributed by atoms with Crippen LogP contribution >= 0.6 is 24.8 Å². The normalized spacial score (nSPS) is 10.2. The van der Waals surface area contributed by atoms with Crippen LogP contribution in [-0.4, -0.2) is 21.4 Å². The van der Waals surface area contributed by atoms with Gasteiger partial charge in [-0.15, -0.1) is 12.6 Å². The molecule has 2 N–H and O–H groups in total. The molecule has 0 radical (unpaired) electrons. The fraction of sp³-hybridized carbons (Fsp3) is 0.600. The maximum absolute atomic E-state index is 10.3. The molecule has 3 nitrogen and oxygen atoms in total. The number of nitrogens with one attached hydrogen (secondary N) is 1. The van der Waals surface area contributed by atoms with Crippen LogP contribution in [0.15, 0.2) is 0 Å². The summed E-state index contributed by atoms with van der Waals surface area (Å²) in [5.41, 5.74) is 0. The molecule has 0 aromatic heterocycles. The molecule has 0 aliphatic rings. The van der Waals surface area contributed by atoms with Gasteiger partial charge >= 0.3 is 43.7 Å². The number of thiocarbonyl (C=S) groups is 1. The van der Waals surface area contributed by atoms with Crippen molar-refractivity contribution in [3.63, 3.8) is 0 Å². The van der Waals surface area contributed by atoms with Crippen LogP contribution in [0.4, 0.5) is 0 Å². The number of carboxylic acid groups (broad SMARTS) is 1. The molecule has 0 aliphatic heterocycles. The Morgan fingerprint density at radius 2 is 2.17 bits per heavy atom. The number of rotatable bonds is 3. The summed E-state index contributed by atoms with van der Waals surface area (Å²) in [6, 6.07) is -0.606. The Kier molecular flexibility index (Phi) is 15.5. The molecular formula is C5H11Li2NO2S2. The van der Waals surface area contributed by atoms with Gasteiger partial charge in [-0.25, -0.2) is 4.79 Å². The van der Waals surface area contributed by atoms with Crippen LogP contribution in [0.5, 0.6) is 0 Å². The molecule has 1 atom stereocenters. The molecule has 0 bridgehead atoms. The molecule has 0 aromatic rings. The van der Waals surface area contributed by atoms with E-state index >= 15 is 0 Å². The van der Waals surface area contributed by atoms with E-state index in [0.29, 0.717) is 6.42 Å². The van der Waals surface area contributed by atoms with Crippen molar-refractivity contribution in [1.29, 1.82) is 0 Å². The van der Waals surface area contributed by atoms with Crippen LogP contribution in [0.25, 0.3) is 0 Å². The number of thiol groups is 1. The molecule has 0 amide bonds. The zero-order chi connectivity index (χ0) is 8.15. The van der Waals surface area contributed by atoms with E-state index in [1.807, 2.05) is 0 Å². The Hall–Kier alpha value is 0.905. The predicted octanol–water partition coefficient (Wildman–Crippen LogP) is -5.11. The van der Waals surface area contributed by atoms with Crippen molar-refractivity contribution in [3.8, 4) is 0 Å². The summed E-state index contributed by atoms with van der Waals surface area (Å²) in [4.78, 5) is 10.3. The van der Waals surface area contributed by atoms with Crippen molar-refractivity contribution < 1.29 is 50.5 Å². The summed E-state index contributed by atoms with van der Waals surface area (Å²) in [6.45, 7) is 1.76. The smallest absolute Gasteiger partial charge is 1.00 e. The second kappa shape index (κ2) is 9.99. The number of carbonyl (C=O) groups is 1. The van der Waals surface area contributed by atoms with Crippen LogP contribution in [0, 0.1) is 0 Å². The third-order valence-electron chi connectivity index (χ3n) is 1.00. The van der Waals surface area contributed by atoms with Crippen LogP contribution in [0.3, 0.4) is 0 Å². The van der Waals surface area contributed by atoms with E-state index in [2.05, 4.69) is 30.2 Å². The van der Waals surface area contributed by atoms with E-state index in [-0.39, 0.29) is 44.9 Å². The first kappa shape index (κ1) is 18.6. The van der Waals surface area contributed by atoms with Gasteiger partial charge in [0.25, 0.3) is 0 Å². The van der Waals surface area contributed by atoms with E-state index < -0.39 is 12.0 Å². The molecule has 1 unspecified atom stereocenters. The van der Waals surface area contributed by atoms with Crippen LogP contribution < -0.4 is 43.0 Å². The minimum absolute atomic E-state index is 0. The molecule has 7 heteroatoms. The van der Waals surface area contributed by atoms with E-state index in [1.54, 1.807) is 6.92 Å². The van der Waals surface area contributed by atoms with Gasteiger partial charge < -0.3 is 13.3 Å². The molecule has 0 saturated carbocycles. The number of hydrogen-bond donors (Lipinski definition) is 3. The third-order valence-corrected chi connectivity index (χ3v) is 1.25. The maximum atomic E-state index is 10.3. The SMILES string of the molecule is CCC(NC(=S)S)C(=O)O.[H-].[H-].[Li+].[Li+]. The zero-order valence-corrected chi connectivity index (χ0v) is 9.21. The monoisotopic (exact) mass is 195 g/mol. The van der Waals surface area contributed by atoms with Crippen LogP contribution in [-0.2, 0) is 4.79 Å². The first-order valence-electron chi connectivity index (χ1n) is 2.80. The average molecular weight is 195 g/mol. The summed E-state index contributed by atoms with van der Waals surface area (Å²) < 4.78 is 0.217. The Labute approximate surface area is 110 Å². The molecule has 0 fully saturated rings. The minimum Gasteiger partial charge on any atom is -1.00 e. The molecule has 12 heavy (non-hydrogen) atoms. The zero-order valence-electron chi connectivity index (χ0n) is 9.50. The first-order valence-corrected chi connectivity index (χ1v) is 3.65. The standard InChI is InChI=1S/C5H9NO2S2.2Li.2H/c1-2-3(4(7)8)6-5(9)10;;;;/h3H,2H2,1H3,(H,7,8)(H2,6,9,10);;;;/q;2*+1;2*-1. The maximum Gasteiger partial charge on any atom is 1.00 e. The quantitative estimate of drug-likeness (QED) is 0.239. The average Bonchev–Trinajstić information content (AvgIpc) is 1.81. The van der Waals surface area contributed by atoms with Gasteiger partial charge in [-0.3, -0.25) is 0 Å². The topological polar surface area (TPSA) is 49.3 Å². The summed E-state index contributed by atoms with van der Waals surface area (Å²) in [7, 11) is 0. The fourth-order valence-electron chi connectivity index (χ4n) is 0.487. The van der Waals surface area contributed by atoms with Gasteiger partial charge in [-0.05, 0) is 6.42 Å². The van der Waals surface area contributed by atoms with Crippen molar-refractivity contribution in [2.75, 3.05) is 0 Å². The van der Waals surface area contributed by atoms with Gasteiger partial charge in [0, 0.05) is 0 Å².